The van der Waals surface area contributed by atoms with E-state index in [1.165, 1.54) is 19.1 Å². The summed E-state index contributed by atoms with van der Waals surface area (Å²) in [7, 11) is 0. The molecule has 0 spiro atoms. The number of hydrogen-bond donors (Lipinski definition) is 0. The summed E-state index contributed by atoms with van der Waals surface area (Å²) in [5.74, 6) is -0.670. The number of aromatic nitrogens is 1. The number of hydrogen-bond acceptors (Lipinski definition) is 4. The lowest BCUT2D eigenvalue weighted by atomic mass is 10.0. The van der Waals surface area contributed by atoms with Crippen molar-refractivity contribution < 1.29 is 27.2 Å². The van der Waals surface area contributed by atoms with Crippen LogP contribution in [0.5, 0.6) is 0 Å². The molecule has 4 nitrogen and oxygen atoms in total. The Morgan fingerprint density at radius 1 is 1.41 bits per heavy atom. The quantitative estimate of drug-likeness (QED) is 0.733. The van der Waals surface area contributed by atoms with Gasteiger partial charge in [0.25, 0.3) is 0 Å². The standard InChI is InChI=1S/C14H11BrF3NO3/c1-3-21-13(20)11-7(2)22-19-12(11)9-5-4-8(15)6-10(9)14(16,17)18/h4-6H,3H2,1-2H3. The summed E-state index contributed by atoms with van der Waals surface area (Å²) in [5.41, 5.74) is -1.44. The fraction of sp³-hybridized carbons (Fsp3) is 0.286. The summed E-state index contributed by atoms with van der Waals surface area (Å²) in [6.45, 7) is 3.13. The third kappa shape index (κ3) is 3.16. The molecule has 1 heterocycles. The first-order valence-corrected chi connectivity index (χ1v) is 7.05. The Kier molecular flexibility index (Phi) is 4.60. The highest BCUT2D eigenvalue weighted by molar-refractivity contribution is 9.10. The van der Waals surface area contributed by atoms with Crippen LogP contribution in [-0.4, -0.2) is 17.7 Å². The zero-order valence-corrected chi connectivity index (χ0v) is 13.2. The summed E-state index contributed by atoms with van der Waals surface area (Å²) < 4.78 is 49.6. The molecule has 0 aliphatic carbocycles. The lowest BCUT2D eigenvalue weighted by Crippen LogP contribution is -2.10. The first-order chi connectivity index (χ1) is 10.3. The Morgan fingerprint density at radius 3 is 2.68 bits per heavy atom. The fourth-order valence-corrected chi connectivity index (χ4v) is 2.32. The number of rotatable bonds is 3. The molecule has 0 unspecified atom stereocenters. The maximum atomic E-state index is 13.2. The van der Waals surface area contributed by atoms with Gasteiger partial charge in [-0.3, -0.25) is 0 Å². The number of benzene rings is 1. The number of carbonyl (C=O) groups excluding carboxylic acids is 1. The van der Waals surface area contributed by atoms with Crippen LogP contribution >= 0.6 is 15.9 Å². The number of carbonyl (C=O) groups is 1. The first-order valence-electron chi connectivity index (χ1n) is 6.26. The molecule has 0 atom stereocenters. The van der Waals surface area contributed by atoms with E-state index >= 15 is 0 Å². The van der Waals surface area contributed by atoms with Crippen molar-refractivity contribution >= 4 is 21.9 Å². The van der Waals surface area contributed by atoms with Gasteiger partial charge < -0.3 is 9.26 Å². The number of aryl methyl sites for hydroxylation is 1. The Hall–Kier alpha value is -1.83. The third-order valence-electron chi connectivity index (χ3n) is 2.88. The van der Waals surface area contributed by atoms with Crippen LogP contribution in [0.1, 0.15) is 28.6 Å². The largest absolute Gasteiger partial charge is 0.462 e. The first kappa shape index (κ1) is 16.5. The summed E-state index contributed by atoms with van der Waals surface area (Å²) in [6, 6.07) is 3.59. The van der Waals surface area contributed by atoms with Gasteiger partial charge in [-0.05, 0) is 26.0 Å². The number of alkyl halides is 3. The Labute approximate surface area is 132 Å². The highest BCUT2D eigenvalue weighted by Gasteiger charge is 2.36. The molecule has 0 saturated carbocycles. The van der Waals surface area contributed by atoms with E-state index in [4.69, 9.17) is 9.26 Å². The molecule has 0 fully saturated rings. The topological polar surface area (TPSA) is 52.3 Å². The Balaban J connectivity index is 2.66. The molecule has 0 radical (unpaired) electrons. The van der Waals surface area contributed by atoms with Crippen molar-refractivity contribution in [2.24, 2.45) is 0 Å². The number of esters is 1. The molecular weight excluding hydrogens is 367 g/mol. The van der Waals surface area contributed by atoms with E-state index in [2.05, 4.69) is 21.1 Å². The van der Waals surface area contributed by atoms with Gasteiger partial charge in [-0.15, -0.1) is 0 Å². The molecule has 0 saturated heterocycles. The van der Waals surface area contributed by atoms with E-state index < -0.39 is 17.7 Å². The van der Waals surface area contributed by atoms with E-state index in [0.29, 0.717) is 0 Å². The van der Waals surface area contributed by atoms with E-state index in [-0.39, 0.29) is 33.7 Å². The number of ether oxygens (including phenoxy) is 1. The second kappa shape index (κ2) is 6.12. The van der Waals surface area contributed by atoms with Crippen molar-refractivity contribution in [3.8, 4) is 11.3 Å². The van der Waals surface area contributed by atoms with Gasteiger partial charge in [-0.2, -0.15) is 13.2 Å². The number of nitrogens with zero attached hydrogens (tertiary/aromatic N) is 1. The molecule has 1 aromatic heterocycles. The van der Waals surface area contributed by atoms with Gasteiger partial charge in [0.1, 0.15) is 17.0 Å². The predicted molar refractivity (Wildman–Crippen MR) is 75.3 cm³/mol. The highest BCUT2D eigenvalue weighted by Crippen LogP contribution is 2.39. The van der Waals surface area contributed by atoms with Crippen LogP contribution in [0.2, 0.25) is 0 Å². The third-order valence-corrected chi connectivity index (χ3v) is 3.38. The van der Waals surface area contributed by atoms with Crippen molar-refractivity contribution in [3.05, 3.63) is 39.6 Å². The van der Waals surface area contributed by atoms with E-state index in [0.717, 1.165) is 6.07 Å². The van der Waals surface area contributed by atoms with Gasteiger partial charge in [0.05, 0.1) is 12.2 Å². The molecule has 0 amide bonds. The van der Waals surface area contributed by atoms with Crippen LogP contribution in [-0.2, 0) is 10.9 Å². The van der Waals surface area contributed by atoms with E-state index in [1.807, 2.05) is 0 Å². The Bertz CT molecular complexity index is 710. The van der Waals surface area contributed by atoms with Crippen molar-refractivity contribution in [1.82, 2.24) is 5.16 Å². The van der Waals surface area contributed by atoms with Crippen LogP contribution in [0.3, 0.4) is 0 Å². The molecule has 22 heavy (non-hydrogen) atoms. The predicted octanol–water partition coefficient (Wildman–Crippen LogP) is 4.61. The minimum atomic E-state index is -4.60. The molecule has 8 heteroatoms. The maximum Gasteiger partial charge on any atom is 0.417 e. The van der Waals surface area contributed by atoms with Crippen LogP contribution in [0.15, 0.2) is 27.2 Å². The minimum Gasteiger partial charge on any atom is -0.462 e. The summed E-state index contributed by atoms with van der Waals surface area (Å²) in [4.78, 5) is 11.9. The zero-order chi connectivity index (χ0) is 16.5. The average Bonchev–Trinajstić information content (AvgIpc) is 2.80. The highest BCUT2D eigenvalue weighted by atomic mass is 79.9. The van der Waals surface area contributed by atoms with Gasteiger partial charge in [-0.25, -0.2) is 4.79 Å². The normalized spacial score (nSPS) is 11.5. The minimum absolute atomic E-state index is 0.0926. The van der Waals surface area contributed by atoms with Gasteiger partial charge >= 0.3 is 12.1 Å². The Morgan fingerprint density at radius 2 is 2.09 bits per heavy atom. The van der Waals surface area contributed by atoms with Crippen molar-refractivity contribution in [3.63, 3.8) is 0 Å². The van der Waals surface area contributed by atoms with Gasteiger partial charge in [0, 0.05) is 10.0 Å². The maximum absolute atomic E-state index is 13.2. The van der Waals surface area contributed by atoms with Crippen LogP contribution in [0.25, 0.3) is 11.3 Å². The second-order valence-electron chi connectivity index (χ2n) is 4.37. The summed E-state index contributed by atoms with van der Waals surface area (Å²) >= 11 is 3.00. The van der Waals surface area contributed by atoms with E-state index in [1.54, 1.807) is 6.92 Å². The zero-order valence-electron chi connectivity index (χ0n) is 11.6. The molecule has 0 N–H and O–H groups in total. The lowest BCUT2D eigenvalue weighted by molar-refractivity contribution is -0.137. The van der Waals surface area contributed by atoms with Crippen LogP contribution in [0.4, 0.5) is 13.2 Å². The van der Waals surface area contributed by atoms with E-state index in [9.17, 15) is 18.0 Å². The molecule has 0 bridgehead atoms. The summed E-state index contributed by atoms with van der Waals surface area (Å²) in [5, 5.41) is 3.60. The molecule has 2 rings (SSSR count). The smallest absolute Gasteiger partial charge is 0.417 e. The average molecular weight is 378 g/mol. The molecular formula is C14H11BrF3NO3. The van der Waals surface area contributed by atoms with Crippen molar-refractivity contribution in [2.75, 3.05) is 6.61 Å². The SMILES string of the molecule is CCOC(=O)c1c(-c2ccc(Br)cc2C(F)(F)F)noc1C. The van der Waals surface area contributed by atoms with Crippen LogP contribution < -0.4 is 0 Å². The molecule has 0 aliphatic rings. The molecule has 118 valence electrons. The second-order valence-corrected chi connectivity index (χ2v) is 5.29. The van der Waals surface area contributed by atoms with Gasteiger partial charge in [-0.1, -0.05) is 27.2 Å². The van der Waals surface area contributed by atoms with Crippen molar-refractivity contribution in [2.45, 2.75) is 20.0 Å². The molecule has 0 aliphatic heterocycles. The van der Waals surface area contributed by atoms with Gasteiger partial charge in [0.15, 0.2) is 0 Å². The van der Waals surface area contributed by atoms with Gasteiger partial charge in [0.2, 0.25) is 0 Å². The van der Waals surface area contributed by atoms with Crippen LogP contribution in [0, 0.1) is 6.92 Å². The lowest BCUT2D eigenvalue weighted by Gasteiger charge is -2.12. The number of halogens is 4. The molecule has 2 aromatic rings. The van der Waals surface area contributed by atoms with Crippen molar-refractivity contribution in [1.29, 1.82) is 0 Å². The summed E-state index contributed by atoms with van der Waals surface area (Å²) in [6.07, 6.45) is -4.60. The fourth-order valence-electron chi connectivity index (χ4n) is 1.96. The monoisotopic (exact) mass is 377 g/mol. The molecule has 1 aromatic carbocycles.